The van der Waals surface area contributed by atoms with Gasteiger partial charge in [-0.15, -0.1) is 10.2 Å². The predicted molar refractivity (Wildman–Crippen MR) is 92.8 cm³/mol. The van der Waals surface area contributed by atoms with E-state index >= 15 is 0 Å². The molecular weight excluding hydrogens is 418 g/mol. The topological polar surface area (TPSA) is 98.1 Å². The van der Waals surface area contributed by atoms with Gasteiger partial charge in [0.15, 0.2) is 5.69 Å². The Morgan fingerprint density at radius 3 is 2.47 bits per heavy atom. The Morgan fingerprint density at radius 2 is 1.83 bits per heavy atom. The van der Waals surface area contributed by atoms with Crippen LogP contribution in [0.5, 0.6) is 0 Å². The third-order valence-corrected chi connectivity index (χ3v) is 5.16. The second-order valence-electron chi connectivity index (χ2n) is 7.60. The molecular formula is C18H20F6N4O2. The summed E-state index contributed by atoms with van der Waals surface area (Å²) >= 11 is 0. The molecule has 12 heteroatoms. The Bertz CT molecular complexity index is 911. The number of rotatable bonds is 0. The summed E-state index contributed by atoms with van der Waals surface area (Å²) in [5.41, 5.74) is 0.150. The summed E-state index contributed by atoms with van der Waals surface area (Å²) < 4.78 is 86.1. The van der Waals surface area contributed by atoms with E-state index in [2.05, 4.69) is 15.2 Å². The van der Waals surface area contributed by atoms with Crippen LogP contribution in [-0.2, 0) is 18.2 Å². The molecule has 30 heavy (non-hydrogen) atoms. The van der Waals surface area contributed by atoms with Gasteiger partial charge in [-0.25, -0.2) is 4.98 Å². The van der Waals surface area contributed by atoms with E-state index in [4.69, 9.17) is 10.2 Å². The van der Waals surface area contributed by atoms with Gasteiger partial charge in [-0.05, 0) is 31.2 Å². The first-order chi connectivity index (χ1) is 13.8. The first kappa shape index (κ1) is 22.3. The molecule has 166 valence electrons. The van der Waals surface area contributed by atoms with Gasteiger partial charge in [0.05, 0.1) is 16.9 Å². The SMILES string of the molecule is CC1CCCCC[C@](O)(C(F)(F)F)c2nnc(o2)-c2nc(c(C(F)(F)F)cc2N)C1. The Kier molecular flexibility index (Phi) is 5.74. The van der Waals surface area contributed by atoms with Gasteiger partial charge in [-0.3, -0.25) is 0 Å². The van der Waals surface area contributed by atoms with Crippen molar-refractivity contribution < 1.29 is 35.9 Å². The highest BCUT2D eigenvalue weighted by Gasteiger charge is 2.58. The minimum Gasteiger partial charge on any atom is -0.416 e. The number of hydrogen-bond donors (Lipinski definition) is 2. The van der Waals surface area contributed by atoms with Crippen LogP contribution in [0.3, 0.4) is 0 Å². The third-order valence-electron chi connectivity index (χ3n) is 5.16. The molecule has 0 saturated carbocycles. The molecule has 0 spiro atoms. The van der Waals surface area contributed by atoms with Gasteiger partial charge in [0.25, 0.3) is 11.8 Å². The van der Waals surface area contributed by atoms with Crippen LogP contribution in [0.4, 0.5) is 32.0 Å². The van der Waals surface area contributed by atoms with Crippen molar-refractivity contribution in [3.05, 3.63) is 23.2 Å². The zero-order valence-corrected chi connectivity index (χ0v) is 15.9. The molecule has 0 amide bonds. The van der Waals surface area contributed by atoms with Gasteiger partial charge >= 0.3 is 12.4 Å². The Hall–Kier alpha value is -2.37. The van der Waals surface area contributed by atoms with E-state index in [0.717, 1.165) is 0 Å². The van der Waals surface area contributed by atoms with E-state index in [0.29, 0.717) is 25.3 Å². The molecule has 1 aliphatic heterocycles. The Labute approximate surface area is 167 Å². The summed E-state index contributed by atoms with van der Waals surface area (Å²) in [6.07, 6.45) is -9.17. The number of nitrogens with two attached hydrogens (primary N) is 1. The predicted octanol–water partition coefficient (Wildman–Crippen LogP) is 4.63. The van der Waals surface area contributed by atoms with Gasteiger partial charge in [0.2, 0.25) is 5.60 Å². The lowest BCUT2D eigenvalue weighted by Gasteiger charge is -2.27. The summed E-state index contributed by atoms with van der Waals surface area (Å²) in [5.74, 6) is -1.90. The minimum atomic E-state index is -5.09. The van der Waals surface area contributed by atoms with Gasteiger partial charge in [0.1, 0.15) is 0 Å². The van der Waals surface area contributed by atoms with E-state index in [-0.39, 0.29) is 30.1 Å². The largest absolute Gasteiger partial charge is 0.426 e. The van der Waals surface area contributed by atoms with Crippen molar-refractivity contribution in [2.75, 3.05) is 5.73 Å². The van der Waals surface area contributed by atoms with Crippen LogP contribution in [0, 0.1) is 5.92 Å². The smallest absolute Gasteiger partial charge is 0.416 e. The van der Waals surface area contributed by atoms with Crippen LogP contribution in [0.1, 0.15) is 56.2 Å². The molecule has 3 rings (SSSR count). The van der Waals surface area contributed by atoms with Crippen LogP contribution in [0.25, 0.3) is 11.6 Å². The molecule has 4 bridgehead atoms. The highest BCUT2D eigenvalue weighted by molar-refractivity contribution is 5.67. The lowest BCUT2D eigenvalue weighted by atomic mass is 9.92. The standard InChI is InChI=1S/C18H20F6N4O2/c1-9-5-3-2-4-6-16(29,18(22,23)24)15-28-27-14(30-15)13-11(25)8-10(17(19,20)21)12(7-9)26-13/h8-9,29H,2-7,25H2,1H3/t9?,16-/m1/s1. The second kappa shape index (κ2) is 7.71. The molecule has 2 aromatic heterocycles. The average Bonchev–Trinajstić information content (AvgIpc) is 3.10. The maximum Gasteiger partial charge on any atom is 0.426 e. The van der Waals surface area contributed by atoms with Crippen LogP contribution in [-0.4, -0.2) is 26.5 Å². The van der Waals surface area contributed by atoms with E-state index in [1.54, 1.807) is 6.92 Å². The molecule has 0 fully saturated rings. The average molecular weight is 438 g/mol. The Balaban J connectivity index is 2.17. The lowest BCUT2D eigenvalue weighted by molar-refractivity contribution is -0.277. The van der Waals surface area contributed by atoms with Crippen molar-refractivity contribution in [2.45, 2.75) is 63.4 Å². The number of pyridine rings is 1. The van der Waals surface area contributed by atoms with Crippen molar-refractivity contribution in [3.8, 4) is 11.6 Å². The first-order valence-electron chi connectivity index (χ1n) is 9.33. The maximum atomic E-state index is 13.6. The van der Waals surface area contributed by atoms with Crippen molar-refractivity contribution in [2.24, 2.45) is 5.92 Å². The van der Waals surface area contributed by atoms with E-state index in [1.807, 2.05) is 0 Å². The van der Waals surface area contributed by atoms with E-state index in [1.165, 1.54) is 0 Å². The number of anilines is 1. The highest BCUT2D eigenvalue weighted by atomic mass is 19.4. The van der Waals surface area contributed by atoms with Gasteiger partial charge in [-0.2, -0.15) is 26.3 Å². The fraction of sp³-hybridized carbons (Fsp3) is 0.611. The first-order valence-corrected chi connectivity index (χ1v) is 9.33. The van der Waals surface area contributed by atoms with Crippen molar-refractivity contribution in [1.29, 1.82) is 0 Å². The zero-order valence-electron chi connectivity index (χ0n) is 15.9. The second-order valence-corrected chi connectivity index (χ2v) is 7.60. The number of alkyl halides is 6. The monoisotopic (exact) mass is 438 g/mol. The summed E-state index contributed by atoms with van der Waals surface area (Å²) in [5, 5.41) is 17.1. The number of hydrogen-bond acceptors (Lipinski definition) is 6. The molecule has 3 heterocycles. The quantitative estimate of drug-likeness (QED) is 0.583. The number of fused-ring (bicyclic) bond motifs is 5. The molecule has 1 aliphatic rings. The molecule has 2 aromatic rings. The third kappa shape index (κ3) is 4.23. The summed E-state index contributed by atoms with van der Waals surface area (Å²) in [7, 11) is 0. The molecule has 0 aliphatic carbocycles. The van der Waals surface area contributed by atoms with Gasteiger partial charge in [0, 0.05) is 0 Å². The number of halogens is 6. The van der Waals surface area contributed by atoms with Gasteiger partial charge in [-0.1, -0.05) is 26.2 Å². The molecule has 3 N–H and O–H groups in total. The highest BCUT2D eigenvalue weighted by Crippen LogP contribution is 2.44. The maximum absolute atomic E-state index is 13.6. The summed E-state index contributed by atoms with van der Waals surface area (Å²) in [4.78, 5) is 3.93. The minimum absolute atomic E-state index is 0.00436. The summed E-state index contributed by atoms with van der Waals surface area (Å²) in [6.45, 7) is 1.74. The van der Waals surface area contributed by atoms with Crippen molar-refractivity contribution in [3.63, 3.8) is 0 Å². The van der Waals surface area contributed by atoms with Crippen LogP contribution >= 0.6 is 0 Å². The molecule has 0 radical (unpaired) electrons. The fourth-order valence-electron chi connectivity index (χ4n) is 3.48. The normalized spacial score (nSPS) is 23.8. The van der Waals surface area contributed by atoms with Crippen LogP contribution in [0.2, 0.25) is 0 Å². The Morgan fingerprint density at radius 1 is 1.13 bits per heavy atom. The number of nitrogens with zero attached hydrogens (tertiary/aromatic N) is 3. The number of aromatic nitrogens is 3. The molecule has 6 nitrogen and oxygen atoms in total. The lowest BCUT2D eigenvalue weighted by Crippen LogP contribution is -2.42. The summed E-state index contributed by atoms with van der Waals surface area (Å²) in [6, 6.07) is 0.663. The van der Waals surface area contributed by atoms with Crippen LogP contribution < -0.4 is 5.73 Å². The molecule has 2 atom stereocenters. The fourth-order valence-corrected chi connectivity index (χ4v) is 3.48. The van der Waals surface area contributed by atoms with E-state index in [9.17, 15) is 31.4 Å². The number of nitrogen functional groups attached to an aromatic ring is 1. The zero-order chi connectivity index (χ0) is 22.3. The van der Waals surface area contributed by atoms with E-state index < -0.39 is 47.4 Å². The molecule has 0 aromatic carbocycles. The van der Waals surface area contributed by atoms with Crippen LogP contribution in [0.15, 0.2) is 10.5 Å². The van der Waals surface area contributed by atoms with Crippen molar-refractivity contribution in [1.82, 2.24) is 15.2 Å². The van der Waals surface area contributed by atoms with Crippen molar-refractivity contribution >= 4 is 5.69 Å². The number of aliphatic hydroxyl groups is 1. The molecule has 0 saturated heterocycles. The van der Waals surface area contributed by atoms with Gasteiger partial charge < -0.3 is 15.3 Å². The molecule has 1 unspecified atom stereocenters.